The summed E-state index contributed by atoms with van der Waals surface area (Å²) in [6.07, 6.45) is 0. The van der Waals surface area contributed by atoms with Gasteiger partial charge in [-0.15, -0.1) is 11.3 Å². The van der Waals surface area contributed by atoms with Crippen LogP contribution in [0, 0.1) is 0 Å². The highest BCUT2D eigenvalue weighted by molar-refractivity contribution is 7.13. The zero-order chi connectivity index (χ0) is 18.7. The molecule has 3 aromatic rings. The molecule has 0 fully saturated rings. The molecule has 5 nitrogen and oxygen atoms in total. The molecule has 6 heteroatoms. The minimum absolute atomic E-state index is 0.177. The molecular weight excluding hydrogens is 346 g/mol. The Morgan fingerprint density at radius 2 is 1.85 bits per heavy atom. The number of benzene rings is 1. The summed E-state index contributed by atoms with van der Waals surface area (Å²) >= 11 is 1.54. The molecule has 0 spiro atoms. The van der Waals surface area contributed by atoms with Crippen molar-refractivity contribution in [1.82, 2.24) is 9.78 Å². The van der Waals surface area contributed by atoms with Gasteiger partial charge >= 0.3 is 0 Å². The first-order chi connectivity index (χ1) is 12.4. The van der Waals surface area contributed by atoms with E-state index >= 15 is 0 Å². The molecule has 0 radical (unpaired) electrons. The summed E-state index contributed by atoms with van der Waals surface area (Å²) in [4.78, 5) is 28.4. The number of nitrogens with zero attached hydrogens (tertiary/aromatic N) is 3. The predicted octanol–water partition coefficient (Wildman–Crippen LogP) is 3.76. The Bertz CT molecular complexity index is 947. The summed E-state index contributed by atoms with van der Waals surface area (Å²) < 4.78 is 1.29. The SMILES string of the molecule is CCN(C(=O)C(C)(C)n1nc(-c2cccs2)ccc1=O)c1ccccc1. The molecule has 1 amide bonds. The van der Waals surface area contributed by atoms with Crippen LogP contribution in [-0.4, -0.2) is 22.2 Å². The lowest BCUT2D eigenvalue weighted by Gasteiger charge is -2.32. The van der Waals surface area contributed by atoms with E-state index in [0.29, 0.717) is 12.2 Å². The lowest BCUT2D eigenvalue weighted by Crippen LogP contribution is -2.51. The van der Waals surface area contributed by atoms with Crippen LogP contribution in [0.5, 0.6) is 0 Å². The maximum atomic E-state index is 13.3. The Hall–Kier alpha value is -2.73. The molecular formula is C20H21N3O2S. The van der Waals surface area contributed by atoms with E-state index in [2.05, 4.69) is 5.10 Å². The van der Waals surface area contributed by atoms with Crippen molar-refractivity contribution >= 4 is 22.9 Å². The molecule has 0 aliphatic carbocycles. The number of carbonyl (C=O) groups is 1. The number of hydrogen-bond donors (Lipinski definition) is 0. The quantitative estimate of drug-likeness (QED) is 0.690. The number of amides is 1. The largest absolute Gasteiger partial charge is 0.311 e. The summed E-state index contributed by atoms with van der Waals surface area (Å²) in [6.45, 7) is 5.88. The van der Waals surface area contributed by atoms with Crippen LogP contribution < -0.4 is 10.5 Å². The monoisotopic (exact) mass is 367 g/mol. The van der Waals surface area contributed by atoms with Crippen molar-refractivity contribution in [2.75, 3.05) is 11.4 Å². The minimum atomic E-state index is -1.11. The van der Waals surface area contributed by atoms with Crippen LogP contribution in [0.1, 0.15) is 20.8 Å². The Balaban J connectivity index is 2.03. The van der Waals surface area contributed by atoms with Crippen LogP contribution in [0.3, 0.4) is 0 Å². The first kappa shape index (κ1) is 18.1. The highest BCUT2D eigenvalue weighted by atomic mass is 32.1. The van der Waals surface area contributed by atoms with Gasteiger partial charge in [-0.1, -0.05) is 24.3 Å². The van der Waals surface area contributed by atoms with E-state index in [0.717, 1.165) is 10.6 Å². The summed E-state index contributed by atoms with van der Waals surface area (Å²) in [5, 5.41) is 6.44. The fourth-order valence-corrected chi connectivity index (χ4v) is 3.53. The van der Waals surface area contributed by atoms with E-state index in [1.807, 2.05) is 54.8 Å². The van der Waals surface area contributed by atoms with Gasteiger partial charge in [-0.2, -0.15) is 5.10 Å². The Morgan fingerprint density at radius 3 is 2.46 bits per heavy atom. The number of carbonyl (C=O) groups excluding carboxylic acids is 1. The van der Waals surface area contributed by atoms with E-state index in [9.17, 15) is 9.59 Å². The molecule has 26 heavy (non-hydrogen) atoms. The molecule has 1 aromatic carbocycles. The molecule has 2 aromatic heterocycles. The lowest BCUT2D eigenvalue weighted by atomic mass is 10.0. The zero-order valence-corrected chi connectivity index (χ0v) is 15.9. The number of aromatic nitrogens is 2. The molecule has 0 atom stereocenters. The maximum absolute atomic E-state index is 13.3. The van der Waals surface area contributed by atoms with E-state index < -0.39 is 5.54 Å². The van der Waals surface area contributed by atoms with Gasteiger partial charge in [-0.25, -0.2) is 4.68 Å². The topological polar surface area (TPSA) is 55.2 Å². The fraction of sp³-hybridized carbons (Fsp3) is 0.250. The summed E-state index contributed by atoms with van der Waals surface area (Å²) in [5.74, 6) is -0.177. The van der Waals surface area contributed by atoms with Gasteiger partial charge in [-0.05, 0) is 50.4 Å². The van der Waals surface area contributed by atoms with E-state index in [1.54, 1.807) is 36.2 Å². The fourth-order valence-electron chi connectivity index (χ4n) is 2.84. The second-order valence-electron chi connectivity index (χ2n) is 6.39. The number of para-hydroxylation sites is 1. The molecule has 0 unspecified atom stereocenters. The lowest BCUT2D eigenvalue weighted by molar-refractivity contribution is -0.126. The Labute approximate surface area is 156 Å². The molecule has 0 aliphatic heterocycles. The van der Waals surface area contributed by atoms with Gasteiger partial charge in [-0.3, -0.25) is 9.59 Å². The number of anilines is 1. The van der Waals surface area contributed by atoms with Crippen LogP contribution in [0.25, 0.3) is 10.6 Å². The van der Waals surface area contributed by atoms with Gasteiger partial charge in [0.25, 0.3) is 11.5 Å². The molecule has 0 saturated carbocycles. The highest BCUT2D eigenvalue weighted by Gasteiger charge is 2.36. The van der Waals surface area contributed by atoms with E-state index in [4.69, 9.17) is 0 Å². The molecule has 0 bridgehead atoms. The Kier molecular flexibility index (Phi) is 5.04. The number of likely N-dealkylation sites (N-methyl/N-ethyl adjacent to an activating group) is 1. The van der Waals surface area contributed by atoms with Crippen LogP contribution >= 0.6 is 11.3 Å². The third-order valence-electron chi connectivity index (χ3n) is 4.26. The molecule has 0 saturated heterocycles. The molecule has 134 valence electrons. The number of thiophene rings is 1. The van der Waals surface area contributed by atoms with Crippen molar-refractivity contribution in [1.29, 1.82) is 0 Å². The second kappa shape index (κ2) is 7.25. The second-order valence-corrected chi connectivity index (χ2v) is 7.34. The number of hydrogen-bond acceptors (Lipinski definition) is 4. The van der Waals surface area contributed by atoms with E-state index in [-0.39, 0.29) is 11.5 Å². The average molecular weight is 367 g/mol. The van der Waals surface area contributed by atoms with E-state index in [1.165, 1.54) is 10.7 Å². The van der Waals surface area contributed by atoms with Crippen molar-refractivity contribution in [2.24, 2.45) is 0 Å². The summed E-state index contributed by atoms with van der Waals surface area (Å²) in [5.41, 5.74) is 0.0717. The van der Waals surface area contributed by atoms with Gasteiger partial charge in [0.15, 0.2) is 0 Å². The molecule has 3 rings (SSSR count). The average Bonchev–Trinajstić information content (AvgIpc) is 3.18. The van der Waals surface area contributed by atoms with Crippen LogP contribution in [-0.2, 0) is 10.3 Å². The van der Waals surface area contributed by atoms with Gasteiger partial charge < -0.3 is 4.90 Å². The van der Waals surface area contributed by atoms with Crippen molar-refractivity contribution in [2.45, 2.75) is 26.3 Å². The van der Waals surface area contributed by atoms with Crippen molar-refractivity contribution in [3.05, 3.63) is 70.3 Å². The van der Waals surface area contributed by atoms with Gasteiger partial charge in [0.1, 0.15) is 11.2 Å². The third kappa shape index (κ3) is 3.32. The third-order valence-corrected chi connectivity index (χ3v) is 5.15. The zero-order valence-electron chi connectivity index (χ0n) is 15.0. The summed E-state index contributed by atoms with van der Waals surface area (Å²) in [7, 11) is 0. The standard InChI is InChI=1S/C20H21N3O2S/c1-4-22(15-9-6-5-7-10-15)19(25)20(2,3)23-18(24)13-12-16(21-23)17-11-8-14-26-17/h5-14H,4H2,1-3H3. The predicted molar refractivity (Wildman–Crippen MR) is 106 cm³/mol. The minimum Gasteiger partial charge on any atom is -0.311 e. The van der Waals surface area contributed by atoms with Crippen LogP contribution in [0.4, 0.5) is 5.69 Å². The van der Waals surface area contributed by atoms with Crippen LogP contribution in [0.15, 0.2) is 64.8 Å². The van der Waals surface area contributed by atoms with Crippen molar-refractivity contribution < 1.29 is 4.79 Å². The van der Waals surface area contributed by atoms with Crippen molar-refractivity contribution in [3.8, 4) is 10.6 Å². The highest BCUT2D eigenvalue weighted by Crippen LogP contribution is 2.25. The Morgan fingerprint density at radius 1 is 1.12 bits per heavy atom. The van der Waals surface area contributed by atoms with Crippen molar-refractivity contribution in [3.63, 3.8) is 0 Å². The first-order valence-electron chi connectivity index (χ1n) is 8.47. The number of rotatable bonds is 5. The molecule has 2 heterocycles. The van der Waals surface area contributed by atoms with Gasteiger partial charge in [0.2, 0.25) is 0 Å². The molecule has 0 N–H and O–H groups in total. The first-order valence-corrected chi connectivity index (χ1v) is 9.35. The smallest absolute Gasteiger partial charge is 0.267 e. The molecule has 0 aliphatic rings. The van der Waals surface area contributed by atoms with Crippen LogP contribution in [0.2, 0.25) is 0 Å². The van der Waals surface area contributed by atoms with Gasteiger partial charge in [0.05, 0.1) is 4.88 Å². The normalized spacial score (nSPS) is 11.3. The summed E-state index contributed by atoms with van der Waals surface area (Å²) in [6, 6.07) is 16.5. The maximum Gasteiger partial charge on any atom is 0.267 e. The van der Waals surface area contributed by atoms with Gasteiger partial charge in [0, 0.05) is 18.3 Å².